The number of nitrogens with zero attached hydrogens (tertiary/aromatic N) is 1. The molecule has 1 aromatic carbocycles. The summed E-state index contributed by atoms with van der Waals surface area (Å²) in [6, 6.07) is 6.45. The van der Waals surface area contributed by atoms with Gasteiger partial charge in [-0.05, 0) is 31.2 Å². The van der Waals surface area contributed by atoms with E-state index in [1.54, 1.807) is 18.2 Å². The van der Waals surface area contributed by atoms with Crippen molar-refractivity contribution in [2.75, 3.05) is 5.84 Å². The predicted octanol–water partition coefficient (Wildman–Crippen LogP) is 1.57. The molecule has 1 aromatic heterocycles. The van der Waals surface area contributed by atoms with Crippen LogP contribution in [0.3, 0.4) is 0 Å². The van der Waals surface area contributed by atoms with E-state index in [0.717, 1.165) is 4.68 Å². The zero-order chi connectivity index (χ0) is 11.9. The molecule has 0 bridgehead atoms. The second-order valence-corrected chi connectivity index (χ2v) is 3.93. The third-order valence-corrected chi connectivity index (χ3v) is 2.61. The van der Waals surface area contributed by atoms with Crippen LogP contribution in [-0.2, 0) is 0 Å². The zero-order valence-electron chi connectivity index (χ0n) is 8.53. The number of hydrogen-bond acceptors (Lipinski definition) is 3. The highest BCUT2D eigenvalue weighted by Crippen LogP contribution is 2.18. The molecule has 0 saturated carbocycles. The monoisotopic (exact) mass is 236 g/mol. The van der Waals surface area contributed by atoms with Gasteiger partial charge in [-0.15, -0.1) is 0 Å². The van der Waals surface area contributed by atoms with E-state index < -0.39 is 5.56 Å². The van der Waals surface area contributed by atoms with Gasteiger partial charge in [-0.1, -0.05) is 11.6 Å². The van der Waals surface area contributed by atoms with Gasteiger partial charge >= 0.3 is 0 Å². The van der Waals surface area contributed by atoms with Crippen molar-refractivity contribution in [1.29, 1.82) is 0 Å². The van der Waals surface area contributed by atoms with Crippen LogP contribution in [0.4, 0.5) is 0 Å². The zero-order valence-corrected chi connectivity index (χ0v) is 9.28. The fourth-order valence-corrected chi connectivity index (χ4v) is 1.75. The van der Waals surface area contributed by atoms with Crippen molar-refractivity contribution in [2.24, 2.45) is 0 Å². The molecule has 0 aliphatic heterocycles. The lowest BCUT2D eigenvalue weighted by molar-refractivity contribution is 0.101. The lowest BCUT2D eigenvalue weighted by Gasteiger charge is -2.06. The minimum absolute atomic E-state index is 0.0669. The van der Waals surface area contributed by atoms with E-state index in [1.807, 2.05) is 0 Å². The number of halogens is 1. The number of ketones is 1. The first-order chi connectivity index (χ1) is 7.50. The smallest absolute Gasteiger partial charge is 0.280 e. The molecule has 0 amide bonds. The van der Waals surface area contributed by atoms with E-state index in [9.17, 15) is 9.59 Å². The van der Waals surface area contributed by atoms with Crippen molar-refractivity contribution in [2.45, 2.75) is 6.92 Å². The molecule has 0 radical (unpaired) electrons. The van der Waals surface area contributed by atoms with Gasteiger partial charge < -0.3 is 5.84 Å². The van der Waals surface area contributed by atoms with Crippen LogP contribution in [0.1, 0.15) is 17.3 Å². The Balaban J connectivity index is 2.94. The summed E-state index contributed by atoms with van der Waals surface area (Å²) in [7, 11) is 0. The second kappa shape index (κ2) is 3.64. The maximum atomic E-state index is 11.7. The molecule has 4 nitrogen and oxygen atoms in total. The van der Waals surface area contributed by atoms with Gasteiger partial charge in [0.15, 0.2) is 5.78 Å². The first-order valence-electron chi connectivity index (χ1n) is 4.62. The van der Waals surface area contributed by atoms with Crippen molar-refractivity contribution in [3.8, 4) is 0 Å². The Kier molecular flexibility index (Phi) is 2.44. The van der Waals surface area contributed by atoms with E-state index in [-0.39, 0.29) is 11.3 Å². The molecule has 2 rings (SSSR count). The van der Waals surface area contributed by atoms with Gasteiger partial charge in [0.2, 0.25) is 0 Å². The Hall–Kier alpha value is -1.81. The van der Waals surface area contributed by atoms with E-state index in [2.05, 4.69) is 0 Å². The number of pyridine rings is 1. The van der Waals surface area contributed by atoms with Crippen LogP contribution in [0.15, 0.2) is 29.1 Å². The van der Waals surface area contributed by atoms with Crippen LogP contribution in [0, 0.1) is 0 Å². The highest BCUT2D eigenvalue weighted by atomic mass is 35.5. The minimum Gasteiger partial charge on any atom is -0.336 e. The largest absolute Gasteiger partial charge is 0.336 e. The van der Waals surface area contributed by atoms with Crippen LogP contribution in [0.2, 0.25) is 5.02 Å². The number of Topliss-reactive ketones (excluding diaryl/α,β-unsaturated/α-hetero) is 1. The third kappa shape index (κ3) is 1.57. The predicted molar refractivity (Wildman–Crippen MR) is 63.4 cm³/mol. The van der Waals surface area contributed by atoms with Gasteiger partial charge in [-0.25, -0.2) is 4.68 Å². The molecule has 2 N–H and O–H groups in total. The Labute approximate surface area is 96.2 Å². The molecular weight excluding hydrogens is 228 g/mol. The van der Waals surface area contributed by atoms with E-state index in [0.29, 0.717) is 15.9 Å². The summed E-state index contributed by atoms with van der Waals surface area (Å²) in [6.07, 6.45) is 0. The molecule has 0 aliphatic rings. The fourth-order valence-electron chi connectivity index (χ4n) is 1.57. The average Bonchev–Trinajstić information content (AvgIpc) is 2.22. The highest BCUT2D eigenvalue weighted by molar-refractivity contribution is 6.31. The van der Waals surface area contributed by atoms with Crippen LogP contribution < -0.4 is 11.4 Å². The van der Waals surface area contributed by atoms with Crippen molar-refractivity contribution in [3.05, 3.63) is 45.2 Å². The fraction of sp³-hybridized carbons (Fsp3) is 0.0909. The number of fused-ring (bicyclic) bond motifs is 1. The number of carbonyl (C=O) groups is 1. The first kappa shape index (κ1) is 10.7. The van der Waals surface area contributed by atoms with Gasteiger partial charge in [0.25, 0.3) is 5.56 Å². The van der Waals surface area contributed by atoms with Crippen LogP contribution in [-0.4, -0.2) is 10.5 Å². The molecule has 0 saturated heterocycles. The van der Waals surface area contributed by atoms with Crippen molar-refractivity contribution in [1.82, 2.24) is 4.68 Å². The minimum atomic E-state index is -0.498. The van der Waals surface area contributed by atoms with Crippen molar-refractivity contribution >= 4 is 28.3 Å². The number of aromatic nitrogens is 1. The Morgan fingerprint density at radius 2 is 2.06 bits per heavy atom. The topological polar surface area (TPSA) is 65.1 Å². The molecule has 0 atom stereocenters. The third-order valence-electron chi connectivity index (χ3n) is 2.38. The number of rotatable bonds is 1. The van der Waals surface area contributed by atoms with Gasteiger partial charge in [-0.3, -0.25) is 9.59 Å². The Morgan fingerprint density at radius 3 is 2.69 bits per heavy atom. The molecular formula is C11H9ClN2O2. The van der Waals surface area contributed by atoms with Crippen LogP contribution in [0.5, 0.6) is 0 Å². The summed E-state index contributed by atoms with van der Waals surface area (Å²) in [4.78, 5) is 22.9. The quantitative estimate of drug-likeness (QED) is 0.604. The van der Waals surface area contributed by atoms with Gasteiger partial charge in [-0.2, -0.15) is 0 Å². The van der Waals surface area contributed by atoms with Gasteiger partial charge in [0.05, 0.1) is 11.1 Å². The van der Waals surface area contributed by atoms with Crippen molar-refractivity contribution in [3.63, 3.8) is 0 Å². The second-order valence-electron chi connectivity index (χ2n) is 3.49. The summed E-state index contributed by atoms with van der Waals surface area (Å²) in [5.41, 5.74) is 0.110. The molecule has 1 heterocycles. The van der Waals surface area contributed by atoms with E-state index in [1.165, 1.54) is 13.0 Å². The van der Waals surface area contributed by atoms with E-state index >= 15 is 0 Å². The normalized spacial score (nSPS) is 10.6. The Morgan fingerprint density at radius 1 is 1.38 bits per heavy atom. The summed E-state index contributed by atoms with van der Waals surface area (Å²) >= 11 is 5.83. The highest BCUT2D eigenvalue weighted by Gasteiger charge is 2.10. The van der Waals surface area contributed by atoms with Crippen LogP contribution in [0.25, 0.3) is 10.9 Å². The average molecular weight is 237 g/mol. The number of nitrogen functional groups attached to an aromatic ring is 1. The van der Waals surface area contributed by atoms with Gasteiger partial charge in [0.1, 0.15) is 0 Å². The lowest BCUT2D eigenvalue weighted by atomic mass is 10.1. The summed E-state index contributed by atoms with van der Waals surface area (Å²) < 4.78 is 0.961. The number of hydrogen-bond donors (Lipinski definition) is 1. The maximum absolute atomic E-state index is 11.7. The molecule has 0 fully saturated rings. The molecule has 82 valence electrons. The molecule has 0 spiro atoms. The standard InChI is InChI=1S/C11H9ClN2O2/c1-6(15)9-5-7-4-8(12)2-3-10(7)14(13)11(9)16/h2-5H,13H2,1H3. The summed E-state index contributed by atoms with van der Waals surface area (Å²) in [6.45, 7) is 1.33. The first-order valence-corrected chi connectivity index (χ1v) is 5.00. The Bertz CT molecular complexity index is 646. The SMILES string of the molecule is CC(=O)c1cc2cc(Cl)ccc2n(N)c1=O. The molecule has 2 aromatic rings. The van der Waals surface area contributed by atoms with Crippen LogP contribution >= 0.6 is 11.6 Å². The number of nitrogens with two attached hydrogens (primary N) is 1. The molecule has 16 heavy (non-hydrogen) atoms. The summed E-state index contributed by atoms with van der Waals surface area (Å²) in [5, 5.41) is 1.19. The number of benzene rings is 1. The number of carbonyl (C=O) groups excluding carboxylic acids is 1. The molecule has 0 unspecified atom stereocenters. The van der Waals surface area contributed by atoms with Gasteiger partial charge in [0, 0.05) is 10.4 Å². The van der Waals surface area contributed by atoms with E-state index in [4.69, 9.17) is 17.4 Å². The molecule has 5 heteroatoms. The summed E-state index contributed by atoms with van der Waals surface area (Å²) in [5.74, 6) is 5.30. The lowest BCUT2D eigenvalue weighted by Crippen LogP contribution is -2.31. The van der Waals surface area contributed by atoms with Crippen molar-refractivity contribution < 1.29 is 4.79 Å². The maximum Gasteiger partial charge on any atom is 0.280 e. The molecule has 0 aliphatic carbocycles.